The van der Waals surface area contributed by atoms with Gasteiger partial charge in [-0.2, -0.15) is 5.10 Å². The number of hydrogen-bond donors (Lipinski definition) is 1. The van der Waals surface area contributed by atoms with Crippen LogP contribution in [0.5, 0.6) is 0 Å². The van der Waals surface area contributed by atoms with E-state index in [-0.39, 0.29) is 0 Å². The predicted octanol–water partition coefficient (Wildman–Crippen LogP) is 0.216. The summed E-state index contributed by atoms with van der Waals surface area (Å²) in [7, 11) is 1.68. The number of imidazole rings is 1. The van der Waals surface area contributed by atoms with E-state index < -0.39 is 0 Å². The zero-order valence-corrected chi connectivity index (χ0v) is 9.91. The minimum atomic E-state index is 0.615. The van der Waals surface area contributed by atoms with E-state index in [1.807, 2.05) is 27.8 Å². The average molecular weight is 235 g/mol. The Kier molecular flexibility index (Phi) is 3.89. The van der Waals surface area contributed by atoms with E-state index in [9.17, 15) is 0 Å². The van der Waals surface area contributed by atoms with E-state index in [1.165, 1.54) is 0 Å². The molecule has 0 aliphatic rings. The van der Waals surface area contributed by atoms with Crippen LogP contribution in [-0.4, -0.2) is 39.6 Å². The van der Waals surface area contributed by atoms with E-state index >= 15 is 0 Å². The van der Waals surface area contributed by atoms with Crippen molar-refractivity contribution in [2.45, 2.75) is 13.0 Å². The molecule has 0 aliphatic heterocycles. The summed E-state index contributed by atoms with van der Waals surface area (Å²) >= 11 is 0. The fourth-order valence-corrected chi connectivity index (χ4v) is 1.67. The second kappa shape index (κ2) is 5.60. The summed E-state index contributed by atoms with van der Waals surface area (Å²) in [6.07, 6.45) is 8.21. The highest BCUT2D eigenvalue weighted by Gasteiger charge is 2.05. The minimum Gasteiger partial charge on any atom is -0.383 e. The van der Waals surface area contributed by atoms with Crippen LogP contribution in [0.1, 0.15) is 5.69 Å². The summed E-state index contributed by atoms with van der Waals surface area (Å²) in [6.45, 7) is 2.02. The standard InChI is InChI=1S/C11H17N5O/c1-17-5-4-15-8-11(7-14-15)16-9-13-6-10(16)2-3-12/h6-9H,2-5,12H2,1H3. The number of rotatable bonds is 6. The number of nitrogens with two attached hydrogens (primary N) is 1. The normalized spacial score (nSPS) is 10.9. The van der Waals surface area contributed by atoms with Gasteiger partial charge in [-0.25, -0.2) is 4.98 Å². The van der Waals surface area contributed by atoms with E-state index in [0.717, 1.165) is 24.3 Å². The zero-order chi connectivity index (χ0) is 12.1. The molecule has 0 saturated heterocycles. The van der Waals surface area contributed by atoms with Crippen LogP contribution >= 0.6 is 0 Å². The molecule has 0 radical (unpaired) electrons. The Morgan fingerprint density at radius 2 is 2.29 bits per heavy atom. The van der Waals surface area contributed by atoms with Crippen LogP contribution in [0.25, 0.3) is 5.69 Å². The molecule has 2 aromatic heterocycles. The molecule has 2 aromatic rings. The highest BCUT2D eigenvalue weighted by Crippen LogP contribution is 2.10. The lowest BCUT2D eigenvalue weighted by Crippen LogP contribution is -2.07. The van der Waals surface area contributed by atoms with Gasteiger partial charge in [0.2, 0.25) is 0 Å². The van der Waals surface area contributed by atoms with Gasteiger partial charge < -0.3 is 15.0 Å². The van der Waals surface area contributed by atoms with Gasteiger partial charge in [0.05, 0.1) is 31.4 Å². The Labute approximate surface area is 100 Å². The van der Waals surface area contributed by atoms with Crippen LogP contribution in [0.2, 0.25) is 0 Å². The molecule has 0 spiro atoms. The number of aromatic nitrogens is 4. The van der Waals surface area contributed by atoms with Crippen molar-refractivity contribution in [3.8, 4) is 5.69 Å². The summed E-state index contributed by atoms with van der Waals surface area (Å²) in [5, 5.41) is 4.27. The minimum absolute atomic E-state index is 0.615. The average Bonchev–Trinajstić information content (AvgIpc) is 2.95. The fourth-order valence-electron chi connectivity index (χ4n) is 1.67. The Balaban J connectivity index is 2.15. The zero-order valence-electron chi connectivity index (χ0n) is 9.91. The lowest BCUT2D eigenvalue weighted by molar-refractivity contribution is 0.183. The SMILES string of the molecule is COCCn1cc(-n2cncc2CCN)cn1. The Morgan fingerprint density at radius 1 is 1.41 bits per heavy atom. The molecule has 17 heavy (non-hydrogen) atoms. The molecule has 0 atom stereocenters. The van der Waals surface area contributed by atoms with Crippen molar-refractivity contribution in [2.24, 2.45) is 5.73 Å². The van der Waals surface area contributed by atoms with E-state index in [1.54, 1.807) is 13.4 Å². The summed E-state index contributed by atoms with van der Waals surface area (Å²) in [6, 6.07) is 0. The quantitative estimate of drug-likeness (QED) is 0.777. The van der Waals surface area contributed by atoms with Crippen molar-refractivity contribution in [1.29, 1.82) is 0 Å². The first kappa shape index (κ1) is 11.8. The maximum absolute atomic E-state index is 5.56. The van der Waals surface area contributed by atoms with E-state index in [2.05, 4.69) is 10.1 Å². The lowest BCUT2D eigenvalue weighted by atomic mass is 10.3. The fraction of sp³-hybridized carbons (Fsp3) is 0.455. The third-order valence-corrected chi connectivity index (χ3v) is 2.54. The monoisotopic (exact) mass is 235 g/mol. The van der Waals surface area contributed by atoms with E-state index in [0.29, 0.717) is 13.2 Å². The Bertz CT molecular complexity index is 462. The van der Waals surface area contributed by atoms with Crippen LogP contribution in [0.3, 0.4) is 0 Å². The predicted molar refractivity (Wildman–Crippen MR) is 64.0 cm³/mol. The van der Waals surface area contributed by atoms with Gasteiger partial charge in [-0.05, 0) is 6.54 Å². The highest BCUT2D eigenvalue weighted by molar-refractivity contribution is 5.28. The van der Waals surface area contributed by atoms with Gasteiger partial charge in [0, 0.05) is 31.6 Å². The molecule has 2 N–H and O–H groups in total. The Hall–Kier alpha value is -1.66. The van der Waals surface area contributed by atoms with Gasteiger partial charge in [-0.3, -0.25) is 4.68 Å². The van der Waals surface area contributed by atoms with Crippen molar-refractivity contribution in [1.82, 2.24) is 19.3 Å². The maximum atomic E-state index is 5.56. The summed E-state index contributed by atoms with van der Waals surface area (Å²) in [4.78, 5) is 4.13. The Morgan fingerprint density at radius 3 is 3.06 bits per heavy atom. The molecule has 0 unspecified atom stereocenters. The summed E-state index contributed by atoms with van der Waals surface area (Å²) < 4.78 is 8.87. The number of ether oxygens (including phenoxy) is 1. The second-order valence-corrected chi connectivity index (χ2v) is 3.75. The van der Waals surface area contributed by atoms with Crippen LogP contribution in [0.15, 0.2) is 24.9 Å². The smallest absolute Gasteiger partial charge is 0.0995 e. The molecule has 0 amide bonds. The van der Waals surface area contributed by atoms with Gasteiger partial charge in [0.25, 0.3) is 0 Å². The van der Waals surface area contributed by atoms with Gasteiger partial charge >= 0.3 is 0 Å². The molecular formula is C11H17N5O. The maximum Gasteiger partial charge on any atom is 0.0995 e. The largest absolute Gasteiger partial charge is 0.383 e. The van der Waals surface area contributed by atoms with Crippen molar-refractivity contribution >= 4 is 0 Å². The second-order valence-electron chi connectivity index (χ2n) is 3.75. The van der Waals surface area contributed by atoms with Crippen molar-refractivity contribution in [3.63, 3.8) is 0 Å². The van der Waals surface area contributed by atoms with Crippen LogP contribution in [0, 0.1) is 0 Å². The molecule has 0 bridgehead atoms. The molecule has 92 valence electrons. The van der Waals surface area contributed by atoms with Crippen LogP contribution < -0.4 is 5.73 Å². The van der Waals surface area contributed by atoms with E-state index in [4.69, 9.17) is 10.5 Å². The molecule has 6 nitrogen and oxygen atoms in total. The number of nitrogens with zero attached hydrogens (tertiary/aromatic N) is 4. The lowest BCUT2D eigenvalue weighted by Gasteiger charge is -2.03. The van der Waals surface area contributed by atoms with Crippen molar-refractivity contribution in [2.75, 3.05) is 20.3 Å². The molecule has 0 aromatic carbocycles. The van der Waals surface area contributed by atoms with Crippen LogP contribution in [-0.2, 0) is 17.7 Å². The number of hydrogen-bond acceptors (Lipinski definition) is 4. The first-order chi connectivity index (χ1) is 8.35. The molecule has 6 heteroatoms. The topological polar surface area (TPSA) is 70.9 Å². The van der Waals surface area contributed by atoms with Gasteiger partial charge in [0.15, 0.2) is 0 Å². The van der Waals surface area contributed by atoms with Crippen molar-refractivity contribution < 1.29 is 4.74 Å². The molecule has 0 fully saturated rings. The first-order valence-corrected chi connectivity index (χ1v) is 5.58. The van der Waals surface area contributed by atoms with Gasteiger partial charge in [0.1, 0.15) is 0 Å². The van der Waals surface area contributed by atoms with Gasteiger partial charge in [-0.15, -0.1) is 0 Å². The third kappa shape index (κ3) is 2.72. The van der Waals surface area contributed by atoms with Crippen LogP contribution in [0.4, 0.5) is 0 Å². The summed E-state index contributed by atoms with van der Waals surface area (Å²) in [5.41, 5.74) is 7.66. The molecule has 0 aliphatic carbocycles. The molecule has 2 rings (SSSR count). The first-order valence-electron chi connectivity index (χ1n) is 5.58. The molecule has 0 saturated carbocycles. The summed E-state index contributed by atoms with van der Waals surface area (Å²) in [5.74, 6) is 0. The molecular weight excluding hydrogens is 218 g/mol. The highest BCUT2D eigenvalue weighted by atomic mass is 16.5. The van der Waals surface area contributed by atoms with Crippen molar-refractivity contribution in [3.05, 3.63) is 30.6 Å². The number of methoxy groups -OCH3 is 1. The van der Waals surface area contributed by atoms with Gasteiger partial charge in [-0.1, -0.05) is 0 Å². The third-order valence-electron chi connectivity index (χ3n) is 2.54. The molecule has 2 heterocycles.